The van der Waals surface area contributed by atoms with Crippen molar-refractivity contribution in [3.8, 4) is 16.9 Å². The fourth-order valence-electron chi connectivity index (χ4n) is 2.99. The molecule has 0 aliphatic carbocycles. The van der Waals surface area contributed by atoms with Gasteiger partial charge in [-0.05, 0) is 48.4 Å². The summed E-state index contributed by atoms with van der Waals surface area (Å²) in [5, 5.41) is 3.19. The lowest BCUT2D eigenvalue weighted by Gasteiger charge is -2.19. The molecule has 4 nitrogen and oxygen atoms in total. The first-order chi connectivity index (χ1) is 13.3. The van der Waals surface area contributed by atoms with Crippen LogP contribution in [0.2, 0.25) is 0 Å². The van der Waals surface area contributed by atoms with E-state index in [1.54, 1.807) is 25.1 Å². The highest BCUT2D eigenvalue weighted by molar-refractivity contribution is 5.79. The number of nitrogens with one attached hydrogen (secondary N) is 1. The normalized spacial score (nSPS) is 11.4. The van der Waals surface area contributed by atoms with Gasteiger partial charge >= 0.3 is 12.1 Å². The molecule has 0 fully saturated rings. The summed E-state index contributed by atoms with van der Waals surface area (Å²) < 4.78 is 50.1. The number of esters is 1. The maximum atomic E-state index is 13.2. The van der Waals surface area contributed by atoms with E-state index in [4.69, 9.17) is 9.47 Å². The Morgan fingerprint density at radius 1 is 1.14 bits per heavy atom. The van der Waals surface area contributed by atoms with Gasteiger partial charge in [0.25, 0.3) is 0 Å². The lowest BCUT2D eigenvalue weighted by molar-refractivity contribution is -0.142. The van der Waals surface area contributed by atoms with Gasteiger partial charge in [-0.15, -0.1) is 0 Å². The van der Waals surface area contributed by atoms with Gasteiger partial charge in [0.05, 0.1) is 25.7 Å². The molecule has 0 bridgehead atoms. The van der Waals surface area contributed by atoms with Crippen molar-refractivity contribution in [1.82, 2.24) is 5.32 Å². The summed E-state index contributed by atoms with van der Waals surface area (Å²) >= 11 is 0. The van der Waals surface area contributed by atoms with Crippen LogP contribution in [0.3, 0.4) is 0 Å². The van der Waals surface area contributed by atoms with Crippen LogP contribution in [0.25, 0.3) is 11.1 Å². The average Bonchev–Trinajstić information content (AvgIpc) is 2.66. The zero-order valence-electron chi connectivity index (χ0n) is 16.2. The van der Waals surface area contributed by atoms with E-state index in [0.29, 0.717) is 41.1 Å². The summed E-state index contributed by atoms with van der Waals surface area (Å²) in [6, 6.07) is 8.52. The summed E-state index contributed by atoms with van der Waals surface area (Å²) in [6.45, 7) is 4.96. The Bertz CT molecular complexity index is 819. The van der Waals surface area contributed by atoms with Gasteiger partial charge in [-0.2, -0.15) is 13.2 Å². The third-order valence-electron chi connectivity index (χ3n) is 4.26. The van der Waals surface area contributed by atoms with Crippen LogP contribution < -0.4 is 10.1 Å². The van der Waals surface area contributed by atoms with Gasteiger partial charge in [0, 0.05) is 12.1 Å². The van der Waals surface area contributed by atoms with Crippen molar-refractivity contribution >= 4 is 5.97 Å². The fourth-order valence-corrected chi connectivity index (χ4v) is 2.99. The van der Waals surface area contributed by atoms with E-state index in [-0.39, 0.29) is 19.0 Å². The molecule has 1 N–H and O–H groups in total. The molecule has 2 rings (SSSR count). The van der Waals surface area contributed by atoms with Gasteiger partial charge in [0.2, 0.25) is 0 Å². The lowest BCUT2D eigenvalue weighted by atomic mass is 9.92. The molecule has 0 saturated heterocycles. The molecule has 2 aromatic rings. The summed E-state index contributed by atoms with van der Waals surface area (Å²) in [5.41, 5.74) is 1.58. The van der Waals surface area contributed by atoms with Crippen molar-refractivity contribution in [2.45, 2.75) is 33.0 Å². The topological polar surface area (TPSA) is 47.6 Å². The van der Waals surface area contributed by atoms with Crippen molar-refractivity contribution in [3.05, 3.63) is 53.1 Å². The van der Waals surface area contributed by atoms with E-state index in [2.05, 4.69) is 5.32 Å². The van der Waals surface area contributed by atoms with Gasteiger partial charge in [0.15, 0.2) is 0 Å². The third kappa shape index (κ3) is 5.25. The van der Waals surface area contributed by atoms with E-state index in [1.807, 2.05) is 6.92 Å². The van der Waals surface area contributed by atoms with Crippen LogP contribution in [0, 0.1) is 0 Å². The Labute approximate surface area is 162 Å². The minimum Gasteiger partial charge on any atom is -0.496 e. The van der Waals surface area contributed by atoms with E-state index in [9.17, 15) is 18.0 Å². The second-order valence-electron chi connectivity index (χ2n) is 6.12. The number of carbonyl (C=O) groups is 1. The van der Waals surface area contributed by atoms with Crippen molar-refractivity contribution in [2.24, 2.45) is 0 Å². The number of alkyl halides is 3. The highest BCUT2D eigenvalue weighted by Crippen LogP contribution is 2.38. The van der Waals surface area contributed by atoms with E-state index in [0.717, 1.165) is 12.1 Å². The maximum absolute atomic E-state index is 13.2. The molecule has 152 valence electrons. The van der Waals surface area contributed by atoms with E-state index >= 15 is 0 Å². The van der Waals surface area contributed by atoms with Gasteiger partial charge < -0.3 is 14.8 Å². The Balaban J connectivity index is 2.64. The number of hydrogen-bond acceptors (Lipinski definition) is 4. The SMILES string of the molecule is CCNCc1c(CC(=O)OCC)ccc(OC)c1-c1cccc(C(F)(F)F)c1. The molecule has 2 aromatic carbocycles. The largest absolute Gasteiger partial charge is 0.496 e. The quantitative estimate of drug-likeness (QED) is 0.664. The predicted octanol–water partition coefficient (Wildman–Crippen LogP) is 4.60. The number of halogens is 3. The minimum atomic E-state index is -4.45. The van der Waals surface area contributed by atoms with Crippen molar-refractivity contribution in [1.29, 1.82) is 0 Å². The monoisotopic (exact) mass is 395 g/mol. The summed E-state index contributed by atoms with van der Waals surface area (Å²) in [5.74, 6) is 0.0558. The molecular formula is C21H24F3NO3. The smallest absolute Gasteiger partial charge is 0.416 e. The molecule has 7 heteroatoms. The molecular weight excluding hydrogens is 371 g/mol. The standard InChI is InChI=1S/C21H24F3NO3/c1-4-25-13-17-14(12-19(26)28-5-2)9-10-18(27-3)20(17)15-7-6-8-16(11-15)21(22,23)24/h6-11,25H,4-5,12-13H2,1-3H3. The number of methoxy groups -OCH3 is 1. The first-order valence-electron chi connectivity index (χ1n) is 9.04. The van der Waals surface area contributed by atoms with Crippen LogP contribution in [0.4, 0.5) is 13.2 Å². The van der Waals surface area contributed by atoms with Crippen LogP contribution >= 0.6 is 0 Å². The van der Waals surface area contributed by atoms with Gasteiger partial charge in [0.1, 0.15) is 5.75 Å². The molecule has 0 aliphatic heterocycles. The molecule has 28 heavy (non-hydrogen) atoms. The van der Waals surface area contributed by atoms with Crippen LogP contribution in [-0.2, 0) is 28.7 Å². The van der Waals surface area contributed by atoms with Gasteiger partial charge in [-0.1, -0.05) is 25.1 Å². The average molecular weight is 395 g/mol. The Morgan fingerprint density at radius 3 is 2.50 bits per heavy atom. The second kappa shape index (κ2) is 9.59. The number of ether oxygens (including phenoxy) is 2. The number of carbonyl (C=O) groups excluding carboxylic acids is 1. The third-order valence-corrected chi connectivity index (χ3v) is 4.26. The molecule has 0 aliphatic rings. The zero-order valence-corrected chi connectivity index (χ0v) is 16.2. The maximum Gasteiger partial charge on any atom is 0.416 e. The van der Waals surface area contributed by atoms with Crippen molar-refractivity contribution in [3.63, 3.8) is 0 Å². The van der Waals surface area contributed by atoms with Gasteiger partial charge in [-0.3, -0.25) is 4.79 Å². The number of benzene rings is 2. The molecule has 0 atom stereocenters. The molecule has 0 heterocycles. The van der Waals surface area contributed by atoms with Gasteiger partial charge in [-0.25, -0.2) is 0 Å². The summed E-state index contributed by atoms with van der Waals surface area (Å²) in [4.78, 5) is 12.0. The zero-order chi connectivity index (χ0) is 20.7. The fraction of sp³-hybridized carbons (Fsp3) is 0.381. The second-order valence-corrected chi connectivity index (χ2v) is 6.12. The van der Waals surface area contributed by atoms with Crippen LogP contribution in [0.5, 0.6) is 5.75 Å². The highest BCUT2D eigenvalue weighted by Gasteiger charge is 2.31. The lowest BCUT2D eigenvalue weighted by Crippen LogP contribution is -2.17. The highest BCUT2D eigenvalue weighted by atomic mass is 19.4. The molecule has 0 amide bonds. The minimum absolute atomic E-state index is 0.0323. The van der Waals surface area contributed by atoms with Crippen molar-refractivity contribution < 1.29 is 27.4 Å². The number of rotatable bonds is 8. The predicted molar refractivity (Wildman–Crippen MR) is 101 cm³/mol. The van der Waals surface area contributed by atoms with E-state index < -0.39 is 11.7 Å². The molecule has 0 aromatic heterocycles. The summed E-state index contributed by atoms with van der Waals surface area (Å²) in [7, 11) is 1.47. The van der Waals surface area contributed by atoms with Crippen LogP contribution in [-0.4, -0.2) is 26.2 Å². The molecule has 0 unspecified atom stereocenters. The van der Waals surface area contributed by atoms with Crippen LogP contribution in [0.15, 0.2) is 36.4 Å². The van der Waals surface area contributed by atoms with Crippen molar-refractivity contribution in [2.75, 3.05) is 20.3 Å². The molecule has 0 radical (unpaired) electrons. The Kier molecular flexibility index (Phi) is 7.45. The molecule has 0 saturated carbocycles. The van der Waals surface area contributed by atoms with E-state index in [1.165, 1.54) is 13.2 Å². The number of hydrogen-bond donors (Lipinski definition) is 1. The first-order valence-corrected chi connectivity index (χ1v) is 9.04. The Morgan fingerprint density at radius 2 is 1.89 bits per heavy atom. The Hall–Kier alpha value is -2.54. The molecule has 0 spiro atoms. The first kappa shape index (κ1) is 21.8. The van der Waals surface area contributed by atoms with Crippen LogP contribution in [0.1, 0.15) is 30.5 Å². The summed E-state index contributed by atoms with van der Waals surface area (Å²) in [6.07, 6.45) is -4.42.